The standard InChI is InChI=1S/C36H22OS2/c1-3-16-32-23(8-1)27-13-5-10-22(35(27)38-32)21-18-19-31-30(20-21)26-12-6-11-25(34(26)37-31)29-15-7-14-28-24-9-2-4-17-33(24)39-36(28)29/h1-20,28,36H. The van der Waals surface area contributed by atoms with Crippen LogP contribution in [-0.4, -0.2) is 5.25 Å². The first-order chi connectivity index (χ1) is 19.3. The minimum atomic E-state index is 0.368. The molecule has 0 spiro atoms. The van der Waals surface area contributed by atoms with Crippen molar-refractivity contribution in [1.29, 1.82) is 0 Å². The van der Waals surface area contributed by atoms with Gasteiger partial charge in [-0.2, -0.15) is 0 Å². The number of thiophene rings is 1. The molecule has 0 fully saturated rings. The predicted octanol–water partition coefficient (Wildman–Crippen LogP) is 10.8. The van der Waals surface area contributed by atoms with E-state index in [0.29, 0.717) is 11.2 Å². The van der Waals surface area contributed by atoms with Gasteiger partial charge in [0.2, 0.25) is 0 Å². The molecule has 0 saturated carbocycles. The Hall–Kier alpha value is -4.05. The van der Waals surface area contributed by atoms with Crippen LogP contribution >= 0.6 is 23.1 Å². The number of rotatable bonds is 2. The summed E-state index contributed by atoms with van der Waals surface area (Å²) in [4.78, 5) is 1.39. The van der Waals surface area contributed by atoms with Gasteiger partial charge in [-0.15, -0.1) is 23.1 Å². The van der Waals surface area contributed by atoms with E-state index in [-0.39, 0.29) is 0 Å². The van der Waals surface area contributed by atoms with Crippen molar-refractivity contribution in [2.75, 3.05) is 0 Å². The molecule has 9 rings (SSSR count). The number of furan rings is 1. The second kappa shape index (κ2) is 8.22. The zero-order chi connectivity index (χ0) is 25.5. The molecule has 7 aromatic rings. The summed E-state index contributed by atoms with van der Waals surface area (Å²) in [6.45, 7) is 0. The van der Waals surface area contributed by atoms with Gasteiger partial charge in [0.25, 0.3) is 0 Å². The lowest BCUT2D eigenvalue weighted by Gasteiger charge is -2.23. The predicted molar refractivity (Wildman–Crippen MR) is 168 cm³/mol. The van der Waals surface area contributed by atoms with Crippen LogP contribution in [0.3, 0.4) is 0 Å². The molecule has 5 aromatic carbocycles. The van der Waals surface area contributed by atoms with Gasteiger partial charge in [-0.1, -0.05) is 97.1 Å². The Morgan fingerprint density at radius 2 is 1.49 bits per heavy atom. The summed E-state index contributed by atoms with van der Waals surface area (Å²) >= 11 is 3.86. The van der Waals surface area contributed by atoms with E-state index in [4.69, 9.17) is 4.42 Å². The lowest BCUT2D eigenvalue weighted by molar-refractivity contribution is 0.667. The molecule has 2 aromatic heterocycles. The molecule has 184 valence electrons. The Morgan fingerprint density at radius 1 is 0.667 bits per heavy atom. The van der Waals surface area contributed by atoms with E-state index in [2.05, 4.69) is 121 Å². The van der Waals surface area contributed by atoms with Gasteiger partial charge in [-0.3, -0.25) is 0 Å². The summed E-state index contributed by atoms with van der Waals surface area (Å²) in [5, 5.41) is 5.38. The molecule has 2 atom stereocenters. The molecule has 3 heteroatoms. The Kier molecular flexibility index (Phi) is 4.60. The van der Waals surface area contributed by atoms with Crippen LogP contribution in [0.2, 0.25) is 0 Å². The molecule has 2 aliphatic rings. The van der Waals surface area contributed by atoms with Crippen LogP contribution in [0.25, 0.3) is 58.8 Å². The number of hydrogen-bond donors (Lipinski definition) is 0. The molecule has 3 heterocycles. The van der Waals surface area contributed by atoms with Crippen LogP contribution in [0.1, 0.15) is 17.0 Å². The van der Waals surface area contributed by atoms with Gasteiger partial charge in [0.05, 0.1) is 0 Å². The summed E-state index contributed by atoms with van der Waals surface area (Å²) in [7, 11) is 0. The molecule has 1 aliphatic carbocycles. The van der Waals surface area contributed by atoms with Crippen LogP contribution in [0.4, 0.5) is 0 Å². The molecule has 0 radical (unpaired) electrons. The normalized spacial score (nSPS) is 18.2. The molecule has 0 saturated heterocycles. The SMILES string of the molecule is C1=CC2c3ccccc3SC2C(c2cccc3c2oc2ccc(-c4cccc5c4sc4ccccc45)cc23)=C1. The second-order valence-electron chi connectivity index (χ2n) is 10.4. The fourth-order valence-corrected chi connectivity index (χ4v) is 9.21. The fourth-order valence-electron chi connectivity index (χ4n) is 6.48. The minimum absolute atomic E-state index is 0.368. The number of hydrogen-bond acceptors (Lipinski definition) is 3. The number of benzene rings is 5. The van der Waals surface area contributed by atoms with Gasteiger partial charge in [0, 0.05) is 52.6 Å². The summed E-state index contributed by atoms with van der Waals surface area (Å²) in [5.74, 6) is 0.402. The first kappa shape index (κ1) is 21.8. The van der Waals surface area contributed by atoms with Gasteiger partial charge in [-0.05, 0) is 46.5 Å². The first-order valence-electron chi connectivity index (χ1n) is 13.3. The van der Waals surface area contributed by atoms with Crippen molar-refractivity contribution in [3.05, 3.63) is 132 Å². The summed E-state index contributed by atoms with van der Waals surface area (Å²) in [5.41, 5.74) is 8.43. The fraction of sp³-hybridized carbons (Fsp3) is 0.0556. The minimum Gasteiger partial charge on any atom is -0.455 e. The van der Waals surface area contributed by atoms with E-state index in [0.717, 1.165) is 11.2 Å². The summed E-state index contributed by atoms with van der Waals surface area (Å²) < 4.78 is 9.29. The van der Waals surface area contributed by atoms with E-state index in [9.17, 15) is 0 Å². The highest BCUT2D eigenvalue weighted by molar-refractivity contribution is 8.00. The largest absolute Gasteiger partial charge is 0.455 e. The zero-order valence-electron chi connectivity index (χ0n) is 20.9. The zero-order valence-corrected chi connectivity index (χ0v) is 22.6. The van der Waals surface area contributed by atoms with Gasteiger partial charge < -0.3 is 4.42 Å². The van der Waals surface area contributed by atoms with E-state index < -0.39 is 0 Å². The van der Waals surface area contributed by atoms with Gasteiger partial charge in [0.1, 0.15) is 11.2 Å². The van der Waals surface area contributed by atoms with Crippen molar-refractivity contribution in [3.63, 3.8) is 0 Å². The van der Waals surface area contributed by atoms with Crippen LogP contribution in [0.5, 0.6) is 0 Å². The Bertz CT molecular complexity index is 2170. The maximum absolute atomic E-state index is 6.62. The van der Waals surface area contributed by atoms with Crippen LogP contribution in [0.15, 0.2) is 131 Å². The van der Waals surface area contributed by atoms with Gasteiger partial charge in [-0.25, -0.2) is 0 Å². The van der Waals surface area contributed by atoms with Crippen LogP contribution < -0.4 is 0 Å². The Morgan fingerprint density at radius 3 is 2.46 bits per heavy atom. The average molecular weight is 535 g/mol. The maximum atomic E-state index is 6.62. The van der Waals surface area contributed by atoms with E-state index >= 15 is 0 Å². The van der Waals surface area contributed by atoms with E-state index in [1.807, 2.05) is 23.1 Å². The second-order valence-corrected chi connectivity index (χ2v) is 12.6. The van der Waals surface area contributed by atoms with Gasteiger partial charge >= 0.3 is 0 Å². The summed E-state index contributed by atoms with van der Waals surface area (Å²) in [6, 6.07) is 37.5. The van der Waals surface area contributed by atoms with Crippen molar-refractivity contribution in [1.82, 2.24) is 0 Å². The quantitative estimate of drug-likeness (QED) is 0.219. The average Bonchev–Trinajstić information content (AvgIpc) is 3.68. The van der Waals surface area contributed by atoms with Crippen molar-refractivity contribution in [2.45, 2.75) is 16.1 Å². The molecule has 1 nitrogen and oxygen atoms in total. The number of para-hydroxylation sites is 1. The van der Waals surface area contributed by atoms with Crippen molar-refractivity contribution >= 4 is 70.8 Å². The Labute approximate surface area is 234 Å². The van der Waals surface area contributed by atoms with E-state index in [1.165, 1.54) is 63.7 Å². The van der Waals surface area contributed by atoms with Gasteiger partial charge in [0.15, 0.2) is 0 Å². The molecule has 0 N–H and O–H groups in total. The highest BCUT2D eigenvalue weighted by Crippen LogP contribution is 2.53. The van der Waals surface area contributed by atoms with Crippen molar-refractivity contribution in [3.8, 4) is 11.1 Å². The van der Waals surface area contributed by atoms with Crippen molar-refractivity contribution in [2.24, 2.45) is 0 Å². The molecular formula is C36H22OS2. The third-order valence-electron chi connectivity index (χ3n) is 8.28. The molecule has 0 bridgehead atoms. The molecule has 39 heavy (non-hydrogen) atoms. The summed E-state index contributed by atoms with van der Waals surface area (Å²) in [6.07, 6.45) is 6.87. The van der Waals surface area contributed by atoms with E-state index in [1.54, 1.807) is 0 Å². The Balaban J connectivity index is 1.20. The molecule has 0 amide bonds. The number of fused-ring (bicyclic) bond motifs is 9. The maximum Gasteiger partial charge on any atom is 0.142 e. The number of thioether (sulfide) groups is 1. The monoisotopic (exact) mass is 534 g/mol. The smallest absolute Gasteiger partial charge is 0.142 e. The third kappa shape index (κ3) is 3.15. The highest BCUT2D eigenvalue weighted by atomic mass is 32.2. The topological polar surface area (TPSA) is 13.1 Å². The lowest BCUT2D eigenvalue weighted by Crippen LogP contribution is -2.13. The molecular weight excluding hydrogens is 513 g/mol. The molecule has 1 aliphatic heterocycles. The number of allylic oxidation sites excluding steroid dienone is 3. The van der Waals surface area contributed by atoms with Crippen LogP contribution in [0, 0.1) is 0 Å². The van der Waals surface area contributed by atoms with Crippen LogP contribution in [-0.2, 0) is 0 Å². The molecule has 2 unspecified atom stereocenters. The van der Waals surface area contributed by atoms with Crippen molar-refractivity contribution < 1.29 is 4.42 Å². The lowest BCUT2D eigenvalue weighted by atomic mass is 9.85. The highest BCUT2D eigenvalue weighted by Gasteiger charge is 2.36. The first-order valence-corrected chi connectivity index (χ1v) is 15.0. The third-order valence-corrected chi connectivity index (χ3v) is 10.9.